The van der Waals surface area contributed by atoms with Gasteiger partial charge in [-0.2, -0.15) is 0 Å². The van der Waals surface area contributed by atoms with Crippen molar-refractivity contribution in [3.05, 3.63) is 0 Å². The third kappa shape index (κ3) is 1.36. The highest BCUT2D eigenvalue weighted by Gasteiger charge is 2.22. The van der Waals surface area contributed by atoms with Gasteiger partial charge in [0.2, 0.25) is 0 Å². The van der Waals surface area contributed by atoms with E-state index >= 15 is 0 Å². The fourth-order valence-electron chi connectivity index (χ4n) is 0.296. The maximum atomic E-state index is 7.86. The lowest BCUT2D eigenvalue weighted by molar-refractivity contribution is 0.258. The summed E-state index contributed by atoms with van der Waals surface area (Å²) in [5.41, 5.74) is 0. The monoisotopic (exact) mass is 98.0 g/mol. The molecule has 7 heavy (non-hydrogen) atoms. The maximum absolute atomic E-state index is 7.86. The number of aliphatic hydroxyl groups excluding tert-OH is 1. The smallest absolute Gasteiger partial charge is 0.155 e. The molecule has 0 spiro atoms. The Labute approximate surface area is 42.1 Å². The fraction of sp³-hybridized carbons (Fsp3) is 0.600. The Morgan fingerprint density at radius 2 is 2.29 bits per heavy atom. The molecule has 1 aliphatic rings. The van der Waals surface area contributed by atoms with E-state index in [2.05, 4.69) is 6.11 Å². The van der Waals surface area contributed by atoms with Gasteiger partial charge in [-0.3, -0.25) is 0 Å². The van der Waals surface area contributed by atoms with Crippen LogP contribution in [0.3, 0.4) is 0 Å². The van der Waals surface area contributed by atoms with Gasteiger partial charge in [0.25, 0.3) is 0 Å². The Morgan fingerprint density at radius 3 is 2.71 bits per heavy atom. The van der Waals surface area contributed by atoms with Crippen molar-refractivity contribution in [2.45, 2.75) is 18.9 Å². The van der Waals surface area contributed by atoms with Crippen molar-refractivity contribution in [2.24, 2.45) is 0 Å². The molecule has 1 aliphatic carbocycles. The average Bonchev–Trinajstić information content (AvgIpc) is 2.42. The van der Waals surface area contributed by atoms with E-state index in [0.717, 1.165) is 12.8 Å². The van der Waals surface area contributed by atoms with E-state index < -0.39 is 0 Å². The lowest BCUT2D eigenvalue weighted by Gasteiger charge is -1.83. The summed E-state index contributed by atoms with van der Waals surface area (Å²) in [7, 11) is 0. The molecule has 1 N–H and O–H groups in total. The van der Waals surface area contributed by atoms with Gasteiger partial charge in [-0.1, -0.05) is 0 Å². The molecular formula is C5H6O2. The van der Waals surface area contributed by atoms with Crippen LogP contribution in [-0.2, 0) is 4.74 Å². The largest absolute Gasteiger partial charge is 0.460 e. The molecule has 0 aromatic rings. The van der Waals surface area contributed by atoms with Gasteiger partial charge in [-0.15, -0.1) is 0 Å². The Kier molecular flexibility index (Phi) is 1.08. The summed E-state index contributed by atoms with van der Waals surface area (Å²) in [6, 6.07) is 0. The van der Waals surface area contributed by atoms with E-state index in [-0.39, 0.29) is 0 Å². The number of hydrogen-bond donors (Lipinski definition) is 1. The second-order valence-electron chi connectivity index (χ2n) is 1.53. The predicted molar refractivity (Wildman–Crippen MR) is 23.8 cm³/mol. The molecule has 1 fully saturated rings. The second kappa shape index (κ2) is 1.74. The highest BCUT2D eigenvalue weighted by molar-refractivity contribution is 4.84. The Hall–Kier alpha value is -0.840. The van der Waals surface area contributed by atoms with Crippen LogP contribution in [0.1, 0.15) is 12.8 Å². The summed E-state index contributed by atoms with van der Waals surface area (Å²) in [5, 5.41) is 7.86. The molecule has 1 rings (SSSR count). The molecule has 0 radical (unpaired) electrons. The Balaban J connectivity index is 2.05. The van der Waals surface area contributed by atoms with E-state index in [9.17, 15) is 0 Å². The standard InChI is InChI=1S/C5H6O2/c6-3-4-7-5-1-2-5/h5-6H,1-2H2. The van der Waals surface area contributed by atoms with E-state index in [4.69, 9.17) is 9.84 Å². The van der Waals surface area contributed by atoms with E-state index in [1.54, 1.807) is 6.11 Å². The molecule has 0 atom stereocenters. The van der Waals surface area contributed by atoms with Gasteiger partial charge in [-0.25, -0.2) is 0 Å². The molecule has 0 amide bonds. The summed E-state index contributed by atoms with van der Waals surface area (Å²) in [4.78, 5) is 0. The lowest BCUT2D eigenvalue weighted by atomic mass is 10.8. The van der Waals surface area contributed by atoms with Crippen LogP contribution in [0.2, 0.25) is 0 Å². The quantitative estimate of drug-likeness (QED) is 0.483. The zero-order chi connectivity index (χ0) is 5.11. The first kappa shape index (κ1) is 4.32. The van der Waals surface area contributed by atoms with Crippen molar-refractivity contribution in [1.29, 1.82) is 0 Å². The van der Waals surface area contributed by atoms with Gasteiger partial charge >= 0.3 is 0 Å². The predicted octanol–water partition coefficient (Wildman–Crippen LogP) is 0.456. The van der Waals surface area contributed by atoms with E-state index in [1.165, 1.54) is 0 Å². The van der Waals surface area contributed by atoms with Crippen LogP contribution in [0.4, 0.5) is 0 Å². The molecule has 0 aliphatic heterocycles. The van der Waals surface area contributed by atoms with Gasteiger partial charge in [0, 0.05) is 0 Å². The average molecular weight is 98.1 g/mol. The number of rotatable bonds is 1. The summed E-state index contributed by atoms with van der Waals surface area (Å²) in [5.74, 6) is 0. The van der Waals surface area contributed by atoms with Gasteiger partial charge in [0.05, 0.1) is 0 Å². The number of aliphatic hydroxyl groups is 1. The first-order valence-electron chi connectivity index (χ1n) is 2.23. The molecule has 0 aromatic carbocycles. The van der Waals surface area contributed by atoms with Crippen LogP contribution in [0.25, 0.3) is 0 Å². The molecule has 0 aromatic heterocycles. The minimum absolute atomic E-state index is 0.319. The molecular weight excluding hydrogens is 92.1 g/mol. The van der Waals surface area contributed by atoms with Gasteiger partial charge < -0.3 is 9.84 Å². The first-order valence-corrected chi connectivity index (χ1v) is 2.23. The number of hydrogen-bond acceptors (Lipinski definition) is 2. The maximum Gasteiger partial charge on any atom is 0.155 e. The van der Waals surface area contributed by atoms with Crippen molar-refractivity contribution in [2.75, 3.05) is 0 Å². The normalized spacial score (nSPS) is 17.1. The minimum Gasteiger partial charge on any atom is -0.460 e. The van der Waals surface area contributed by atoms with Crippen molar-refractivity contribution in [1.82, 2.24) is 0 Å². The molecule has 1 saturated carbocycles. The lowest BCUT2D eigenvalue weighted by Crippen LogP contribution is -1.81. The van der Waals surface area contributed by atoms with Crippen LogP contribution in [0.5, 0.6) is 0 Å². The summed E-state index contributed by atoms with van der Waals surface area (Å²) < 4.78 is 4.69. The van der Waals surface area contributed by atoms with Crippen LogP contribution in [-0.4, -0.2) is 11.2 Å². The van der Waals surface area contributed by atoms with Crippen LogP contribution in [0, 0.1) is 12.2 Å². The molecule has 0 unspecified atom stereocenters. The molecule has 0 heterocycles. The van der Waals surface area contributed by atoms with Crippen molar-refractivity contribution in [3.8, 4) is 12.2 Å². The molecule has 2 nitrogen and oxygen atoms in total. The highest BCUT2D eigenvalue weighted by Crippen LogP contribution is 2.22. The minimum atomic E-state index is 0.319. The van der Waals surface area contributed by atoms with Crippen molar-refractivity contribution in [3.63, 3.8) is 0 Å². The van der Waals surface area contributed by atoms with E-state index in [1.807, 2.05) is 0 Å². The third-order valence-electron chi connectivity index (χ3n) is 0.796. The zero-order valence-electron chi connectivity index (χ0n) is 3.85. The summed E-state index contributed by atoms with van der Waals surface area (Å²) in [6.07, 6.45) is 6.29. The second-order valence-corrected chi connectivity index (χ2v) is 1.53. The Bertz CT molecular complexity index is 105. The number of ether oxygens (including phenoxy) is 1. The summed E-state index contributed by atoms with van der Waals surface area (Å²) >= 11 is 0. The topological polar surface area (TPSA) is 29.5 Å². The summed E-state index contributed by atoms with van der Waals surface area (Å²) in [6.45, 7) is 0. The van der Waals surface area contributed by atoms with Crippen LogP contribution < -0.4 is 0 Å². The van der Waals surface area contributed by atoms with Crippen LogP contribution in [0.15, 0.2) is 0 Å². The van der Waals surface area contributed by atoms with Gasteiger partial charge in [0.15, 0.2) is 12.2 Å². The first-order chi connectivity index (χ1) is 3.43. The zero-order valence-corrected chi connectivity index (χ0v) is 3.85. The molecule has 2 heteroatoms. The SMILES string of the molecule is OC#COC1CC1. The van der Waals surface area contributed by atoms with Crippen LogP contribution >= 0.6 is 0 Å². The third-order valence-corrected chi connectivity index (χ3v) is 0.796. The molecule has 0 saturated heterocycles. The molecule has 38 valence electrons. The fourth-order valence-corrected chi connectivity index (χ4v) is 0.296. The van der Waals surface area contributed by atoms with Gasteiger partial charge in [-0.05, 0) is 12.8 Å². The Morgan fingerprint density at radius 1 is 1.57 bits per heavy atom. The van der Waals surface area contributed by atoms with Crippen molar-refractivity contribution >= 4 is 0 Å². The molecule has 0 bridgehead atoms. The van der Waals surface area contributed by atoms with Crippen molar-refractivity contribution < 1.29 is 9.84 Å². The van der Waals surface area contributed by atoms with E-state index in [0.29, 0.717) is 6.10 Å². The van der Waals surface area contributed by atoms with Gasteiger partial charge in [0.1, 0.15) is 6.10 Å². The highest BCUT2D eigenvalue weighted by atomic mass is 16.5.